The summed E-state index contributed by atoms with van der Waals surface area (Å²) in [7, 11) is 1.69. The predicted octanol–water partition coefficient (Wildman–Crippen LogP) is 4.28. The first-order valence-electron chi connectivity index (χ1n) is 23.8. The van der Waals surface area contributed by atoms with E-state index in [1.807, 2.05) is 11.0 Å². The van der Waals surface area contributed by atoms with E-state index in [2.05, 4.69) is 62.3 Å². The molecule has 2 aromatic heterocycles. The summed E-state index contributed by atoms with van der Waals surface area (Å²) in [5.41, 5.74) is 0.149. The number of anilines is 1. The molecule has 2 saturated heterocycles. The number of halogens is 3. The van der Waals surface area contributed by atoms with Gasteiger partial charge in [0.15, 0.2) is 0 Å². The van der Waals surface area contributed by atoms with Crippen molar-refractivity contribution in [3.8, 4) is 0 Å². The highest BCUT2D eigenvalue weighted by Crippen LogP contribution is 2.37. The molecule has 17 nitrogen and oxygen atoms in total. The van der Waals surface area contributed by atoms with Gasteiger partial charge in [-0.1, -0.05) is 6.07 Å². The molecule has 1 aromatic carbocycles. The van der Waals surface area contributed by atoms with Crippen LogP contribution in [-0.2, 0) is 39.6 Å². The Kier molecular flexibility index (Phi) is 16.5. The van der Waals surface area contributed by atoms with Gasteiger partial charge >= 0.3 is 6.18 Å². The molecule has 4 heterocycles. The molecule has 4 fully saturated rings. The van der Waals surface area contributed by atoms with Crippen LogP contribution in [0.1, 0.15) is 102 Å². The molecule has 5 amide bonds. The lowest BCUT2D eigenvalue weighted by Crippen LogP contribution is -2.60. The number of nitrogens with zero attached hydrogens (tertiary/aromatic N) is 5. The van der Waals surface area contributed by atoms with E-state index in [9.17, 15) is 37.1 Å². The third-order valence-corrected chi connectivity index (χ3v) is 13.5. The van der Waals surface area contributed by atoms with Gasteiger partial charge < -0.3 is 45.9 Å². The molecule has 0 bridgehead atoms. The van der Waals surface area contributed by atoms with Gasteiger partial charge in [-0.25, -0.2) is 9.97 Å². The molecule has 20 heteroatoms. The predicted molar refractivity (Wildman–Crippen MR) is 246 cm³/mol. The van der Waals surface area contributed by atoms with Crippen LogP contribution in [-0.4, -0.2) is 137 Å². The fourth-order valence-corrected chi connectivity index (χ4v) is 10.2. The number of aromatic nitrogens is 3. The average molecular weight is 951 g/mol. The van der Waals surface area contributed by atoms with E-state index < -0.39 is 23.7 Å². The van der Waals surface area contributed by atoms with Crippen molar-refractivity contribution >= 4 is 46.3 Å². The average Bonchev–Trinajstić information content (AvgIpc) is 3.81. The quantitative estimate of drug-likeness (QED) is 0.113. The number of rotatable bonds is 18. The summed E-state index contributed by atoms with van der Waals surface area (Å²) in [6.45, 7) is 8.03. The molecule has 2 saturated carbocycles. The topological polar surface area (TPSA) is 209 Å². The zero-order valence-electron chi connectivity index (χ0n) is 39.3. The zero-order chi connectivity index (χ0) is 48.6. The first-order valence-corrected chi connectivity index (χ1v) is 23.8. The van der Waals surface area contributed by atoms with Crippen LogP contribution in [0, 0.1) is 11.8 Å². The number of alkyl halides is 3. The minimum Gasteiger partial charge on any atom is -0.379 e. The first kappa shape index (κ1) is 50.4. The van der Waals surface area contributed by atoms with E-state index in [4.69, 9.17) is 9.47 Å². The van der Waals surface area contributed by atoms with Crippen molar-refractivity contribution in [1.29, 1.82) is 0 Å². The van der Waals surface area contributed by atoms with E-state index in [1.165, 1.54) is 12.4 Å². The van der Waals surface area contributed by atoms with Gasteiger partial charge in [0.05, 0.1) is 61.6 Å². The third kappa shape index (κ3) is 13.0. The normalized spacial score (nSPS) is 25.7. The Hall–Kier alpha value is -5.47. The maximum Gasteiger partial charge on any atom is 0.416 e. The van der Waals surface area contributed by atoms with Crippen LogP contribution >= 0.6 is 0 Å². The highest BCUT2D eigenvalue weighted by molar-refractivity contribution is 5.93. The Bertz CT molecular complexity index is 2240. The number of fused-ring (bicyclic) bond motifs is 1. The molecule has 2 aliphatic carbocycles. The fourth-order valence-electron chi connectivity index (χ4n) is 10.2. The summed E-state index contributed by atoms with van der Waals surface area (Å²) in [6.07, 6.45) is 5.35. The fraction of sp³-hybridized carbons (Fsp3) is 0.625. The van der Waals surface area contributed by atoms with Crippen LogP contribution in [0.3, 0.4) is 0 Å². The minimum atomic E-state index is -4.55. The molecule has 5 N–H and O–H groups in total. The van der Waals surface area contributed by atoms with Crippen molar-refractivity contribution in [3.05, 3.63) is 60.2 Å². The van der Waals surface area contributed by atoms with Gasteiger partial charge in [-0.3, -0.25) is 29.0 Å². The summed E-state index contributed by atoms with van der Waals surface area (Å²) < 4.78 is 51.9. The van der Waals surface area contributed by atoms with Crippen LogP contribution in [0.5, 0.6) is 0 Å². The Morgan fingerprint density at radius 3 is 2.34 bits per heavy atom. The van der Waals surface area contributed by atoms with Crippen LogP contribution in [0.25, 0.3) is 10.9 Å². The lowest BCUT2D eigenvalue weighted by Gasteiger charge is -2.43. The van der Waals surface area contributed by atoms with Gasteiger partial charge in [0.2, 0.25) is 29.5 Å². The number of nitrogens with one attached hydrogen (secondary N) is 5. The number of likely N-dealkylation sites (tertiary alicyclic amines) is 2. The highest BCUT2D eigenvalue weighted by atomic mass is 19.4. The molecule has 68 heavy (non-hydrogen) atoms. The van der Waals surface area contributed by atoms with Crippen molar-refractivity contribution in [2.24, 2.45) is 11.8 Å². The summed E-state index contributed by atoms with van der Waals surface area (Å²) >= 11 is 0. The Labute approximate surface area is 394 Å². The molecule has 6 atom stereocenters. The molecule has 0 spiro atoms. The summed E-state index contributed by atoms with van der Waals surface area (Å²) in [5.74, 6) is -1.30. The number of benzene rings is 1. The van der Waals surface area contributed by atoms with Crippen molar-refractivity contribution in [1.82, 2.24) is 46.0 Å². The number of pyridine rings is 1. The molecular formula is C48H65F3N10O7. The van der Waals surface area contributed by atoms with Gasteiger partial charge in [-0.2, -0.15) is 13.2 Å². The number of carbonyl (C=O) groups is 5. The van der Waals surface area contributed by atoms with Gasteiger partial charge in [-0.05, 0) is 102 Å². The van der Waals surface area contributed by atoms with Gasteiger partial charge in [-0.15, -0.1) is 0 Å². The van der Waals surface area contributed by atoms with E-state index in [-0.39, 0.29) is 128 Å². The third-order valence-electron chi connectivity index (χ3n) is 13.5. The molecule has 2 aliphatic heterocycles. The second-order valence-corrected chi connectivity index (χ2v) is 19.5. The van der Waals surface area contributed by atoms with Crippen molar-refractivity contribution < 1.29 is 46.6 Å². The number of carbonyl (C=O) groups excluding carboxylic acids is 5. The van der Waals surface area contributed by atoms with Gasteiger partial charge in [0.1, 0.15) is 18.2 Å². The molecule has 0 unspecified atom stereocenters. The SMILES string of the molecule is CN1C(=O)C[C@H](C(=O)NCCOCCOCCC(=O)N[C@H]2CC[C@@H](C(=O)N[C@@H]3C[C@H](NC(C)(C)C)CC[C@@H]3N3CC[C@H](Nc4ncnc5ccc(C(F)(F)F)cc45)C3=O)CC2)[C@H]1c1cccnc1. The lowest BCUT2D eigenvalue weighted by atomic mass is 9.82. The highest BCUT2D eigenvalue weighted by Gasteiger charge is 2.45. The van der Waals surface area contributed by atoms with Crippen LogP contribution < -0.4 is 26.6 Å². The standard InChI is InChI=1S/C48H65F3N10O7/c1-47(2,3)59-33-12-14-39(61-19-15-37(46(61)66)57-43-34-24-31(48(49,50)51)9-13-36(34)54-28-55-43)38(25-33)58-44(64)29-7-10-32(11-8-29)56-40(62)16-20-67-22-23-68-21-18-53-45(65)35-26-41(63)60(4)42(35)30-6-5-17-52-27-30/h5-6,9,13,17,24,27-29,32-33,35,37-39,42,59H,7-8,10-12,14-16,18-23,25-26H2,1-4H3,(H,53,65)(H,56,62)(H,58,64)(H,54,55,57)/t29-,32+,33-,35+,37+,38-,39+,42-/m1/s1. The van der Waals surface area contributed by atoms with Gasteiger partial charge in [0.25, 0.3) is 0 Å². The van der Waals surface area contributed by atoms with E-state index in [0.717, 1.165) is 24.1 Å². The molecule has 370 valence electrons. The minimum absolute atomic E-state index is 0.0611. The number of amides is 5. The van der Waals surface area contributed by atoms with E-state index in [0.29, 0.717) is 57.0 Å². The Morgan fingerprint density at radius 2 is 1.62 bits per heavy atom. The van der Waals surface area contributed by atoms with E-state index >= 15 is 0 Å². The summed E-state index contributed by atoms with van der Waals surface area (Å²) in [4.78, 5) is 81.9. The maximum atomic E-state index is 14.0. The second kappa shape index (κ2) is 22.3. The summed E-state index contributed by atoms with van der Waals surface area (Å²) in [5, 5.41) is 16.2. The smallest absolute Gasteiger partial charge is 0.379 e. The van der Waals surface area contributed by atoms with Crippen LogP contribution in [0.2, 0.25) is 0 Å². The number of hydrogen-bond acceptors (Lipinski definition) is 12. The van der Waals surface area contributed by atoms with Crippen LogP contribution in [0.15, 0.2) is 49.1 Å². The summed E-state index contributed by atoms with van der Waals surface area (Å²) in [6, 6.07) is 5.30. The number of ether oxygens (including phenoxy) is 2. The largest absolute Gasteiger partial charge is 0.416 e. The molecule has 7 rings (SSSR count). The van der Waals surface area contributed by atoms with E-state index in [1.54, 1.807) is 30.4 Å². The van der Waals surface area contributed by atoms with Crippen molar-refractivity contribution in [2.75, 3.05) is 51.9 Å². The second-order valence-electron chi connectivity index (χ2n) is 19.5. The first-order chi connectivity index (χ1) is 32.4. The zero-order valence-corrected chi connectivity index (χ0v) is 39.3. The maximum absolute atomic E-state index is 14.0. The molecule has 4 aliphatic rings. The molecular weight excluding hydrogens is 886 g/mol. The molecule has 0 radical (unpaired) electrons. The number of hydrogen-bond donors (Lipinski definition) is 5. The van der Waals surface area contributed by atoms with Gasteiger partial charge in [0, 0.05) is 74.3 Å². The monoisotopic (exact) mass is 950 g/mol. The Morgan fingerprint density at radius 1 is 0.868 bits per heavy atom. The molecule has 3 aromatic rings. The lowest BCUT2D eigenvalue weighted by molar-refractivity contribution is -0.137. The van der Waals surface area contributed by atoms with Crippen LogP contribution in [0.4, 0.5) is 19.0 Å². The van der Waals surface area contributed by atoms with Crippen molar-refractivity contribution in [2.45, 2.75) is 133 Å². The Balaban J connectivity index is 0.812. The van der Waals surface area contributed by atoms with Crippen molar-refractivity contribution in [3.63, 3.8) is 0 Å².